The van der Waals surface area contributed by atoms with Gasteiger partial charge in [0.25, 0.3) is 5.91 Å². The van der Waals surface area contributed by atoms with E-state index < -0.39 is 9.84 Å². The van der Waals surface area contributed by atoms with Crippen molar-refractivity contribution in [1.82, 2.24) is 4.90 Å². The van der Waals surface area contributed by atoms with E-state index in [0.717, 1.165) is 17.4 Å². The summed E-state index contributed by atoms with van der Waals surface area (Å²) in [7, 11) is -3.33. The van der Waals surface area contributed by atoms with Crippen molar-refractivity contribution in [1.29, 1.82) is 0 Å². The van der Waals surface area contributed by atoms with Crippen LogP contribution >= 0.6 is 0 Å². The van der Waals surface area contributed by atoms with E-state index in [1.807, 2.05) is 38.1 Å². The Hall–Kier alpha value is -2.14. The molecule has 4 nitrogen and oxygen atoms in total. The smallest absolute Gasteiger partial charge is 0.254 e. The van der Waals surface area contributed by atoms with E-state index in [4.69, 9.17) is 0 Å². The number of carbonyl (C=O) groups excluding carboxylic acids is 1. The summed E-state index contributed by atoms with van der Waals surface area (Å²) in [6, 6.07) is 14.1. The molecule has 0 radical (unpaired) electrons. The van der Waals surface area contributed by atoms with Crippen LogP contribution in [-0.4, -0.2) is 32.0 Å². The van der Waals surface area contributed by atoms with Crippen LogP contribution in [0.5, 0.6) is 0 Å². The summed E-state index contributed by atoms with van der Waals surface area (Å²) in [6.07, 6.45) is 1.14. The molecule has 0 atom stereocenters. The summed E-state index contributed by atoms with van der Waals surface area (Å²) >= 11 is 0. The Morgan fingerprint density at radius 2 is 1.78 bits per heavy atom. The second-order valence-electron chi connectivity index (χ2n) is 5.55. The standard InChI is InChI=1S/C18H21NO3S/c1-4-19(13-16-9-6-5-8-14(16)2)18(20)15-10-7-11-17(12-15)23(3,21)22/h5-12H,4,13H2,1-3H3. The first-order valence-corrected chi connectivity index (χ1v) is 9.36. The molecule has 0 N–H and O–H groups in total. The van der Waals surface area contributed by atoms with Gasteiger partial charge >= 0.3 is 0 Å². The number of aryl methyl sites for hydroxylation is 1. The molecule has 0 fully saturated rings. The molecule has 2 rings (SSSR count). The summed E-state index contributed by atoms with van der Waals surface area (Å²) < 4.78 is 23.3. The van der Waals surface area contributed by atoms with Crippen LogP contribution in [0.25, 0.3) is 0 Å². The fraction of sp³-hybridized carbons (Fsp3) is 0.278. The molecule has 0 aliphatic rings. The van der Waals surface area contributed by atoms with Crippen molar-refractivity contribution >= 4 is 15.7 Å². The molecule has 0 aliphatic heterocycles. The van der Waals surface area contributed by atoms with Crippen LogP contribution in [0, 0.1) is 6.92 Å². The van der Waals surface area contributed by atoms with Crippen LogP contribution < -0.4 is 0 Å². The molecule has 0 unspecified atom stereocenters. The lowest BCUT2D eigenvalue weighted by atomic mass is 10.1. The van der Waals surface area contributed by atoms with Crippen LogP contribution in [0.2, 0.25) is 0 Å². The van der Waals surface area contributed by atoms with Crippen molar-refractivity contribution in [2.45, 2.75) is 25.3 Å². The van der Waals surface area contributed by atoms with E-state index in [0.29, 0.717) is 18.7 Å². The number of nitrogens with zero attached hydrogens (tertiary/aromatic N) is 1. The number of hydrogen-bond donors (Lipinski definition) is 0. The average Bonchev–Trinajstić information content (AvgIpc) is 2.53. The molecule has 0 aliphatic carbocycles. The number of benzene rings is 2. The number of rotatable bonds is 5. The fourth-order valence-corrected chi connectivity index (χ4v) is 3.03. The van der Waals surface area contributed by atoms with Gasteiger partial charge in [0.1, 0.15) is 0 Å². The molecule has 0 aromatic heterocycles. The maximum Gasteiger partial charge on any atom is 0.254 e. The van der Waals surface area contributed by atoms with Crippen molar-refractivity contribution in [3.05, 3.63) is 65.2 Å². The predicted molar refractivity (Wildman–Crippen MR) is 91.1 cm³/mol. The zero-order valence-corrected chi connectivity index (χ0v) is 14.4. The Morgan fingerprint density at radius 3 is 2.39 bits per heavy atom. The summed E-state index contributed by atoms with van der Waals surface area (Å²) in [5.41, 5.74) is 2.61. The van der Waals surface area contributed by atoms with Crippen molar-refractivity contribution in [3.63, 3.8) is 0 Å². The first-order valence-electron chi connectivity index (χ1n) is 7.47. The van der Waals surface area contributed by atoms with Gasteiger partial charge in [-0.3, -0.25) is 4.79 Å². The number of sulfone groups is 1. The first kappa shape index (κ1) is 17.2. The van der Waals surface area contributed by atoms with E-state index in [1.54, 1.807) is 17.0 Å². The lowest BCUT2D eigenvalue weighted by Gasteiger charge is -2.22. The van der Waals surface area contributed by atoms with Crippen molar-refractivity contribution in [2.75, 3.05) is 12.8 Å². The van der Waals surface area contributed by atoms with Gasteiger partial charge in [0, 0.05) is 24.9 Å². The van der Waals surface area contributed by atoms with Gasteiger partial charge in [-0.05, 0) is 43.2 Å². The lowest BCUT2D eigenvalue weighted by molar-refractivity contribution is 0.0752. The Labute approximate surface area is 137 Å². The van der Waals surface area contributed by atoms with Crippen molar-refractivity contribution in [2.24, 2.45) is 0 Å². The number of amides is 1. The molecular formula is C18H21NO3S. The summed E-state index contributed by atoms with van der Waals surface area (Å²) in [4.78, 5) is 14.6. The molecular weight excluding hydrogens is 310 g/mol. The van der Waals surface area contributed by atoms with Crippen LogP contribution in [0.15, 0.2) is 53.4 Å². The average molecular weight is 331 g/mol. The van der Waals surface area contributed by atoms with E-state index in [1.165, 1.54) is 12.1 Å². The third-order valence-corrected chi connectivity index (χ3v) is 4.91. The van der Waals surface area contributed by atoms with Crippen LogP contribution in [0.3, 0.4) is 0 Å². The SMILES string of the molecule is CCN(Cc1ccccc1C)C(=O)c1cccc(S(C)(=O)=O)c1. The van der Waals surface area contributed by atoms with Gasteiger partial charge in [-0.15, -0.1) is 0 Å². The zero-order valence-electron chi connectivity index (χ0n) is 13.6. The Bertz CT molecular complexity index is 813. The van der Waals surface area contributed by atoms with E-state index >= 15 is 0 Å². The van der Waals surface area contributed by atoms with Crippen LogP contribution in [0.4, 0.5) is 0 Å². The molecule has 2 aromatic rings. The monoisotopic (exact) mass is 331 g/mol. The van der Waals surface area contributed by atoms with Gasteiger partial charge in [0.15, 0.2) is 9.84 Å². The lowest BCUT2D eigenvalue weighted by Crippen LogP contribution is -2.30. The maximum atomic E-state index is 12.7. The Balaban J connectivity index is 2.29. The Morgan fingerprint density at radius 1 is 1.09 bits per heavy atom. The van der Waals surface area contributed by atoms with Crippen molar-refractivity contribution in [3.8, 4) is 0 Å². The molecule has 1 amide bonds. The zero-order chi connectivity index (χ0) is 17.0. The molecule has 0 heterocycles. The van der Waals surface area contributed by atoms with E-state index in [2.05, 4.69) is 0 Å². The highest BCUT2D eigenvalue weighted by atomic mass is 32.2. The van der Waals surface area contributed by atoms with Gasteiger partial charge in [0.2, 0.25) is 0 Å². The predicted octanol–water partition coefficient (Wildman–Crippen LogP) is 3.06. The molecule has 0 saturated heterocycles. The van der Waals surface area contributed by atoms with Gasteiger partial charge in [-0.25, -0.2) is 8.42 Å². The van der Waals surface area contributed by atoms with E-state index in [9.17, 15) is 13.2 Å². The van der Waals surface area contributed by atoms with Crippen LogP contribution in [0.1, 0.15) is 28.4 Å². The minimum Gasteiger partial charge on any atom is -0.335 e. The first-order chi connectivity index (χ1) is 10.8. The minimum absolute atomic E-state index is 0.162. The second kappa shape index (κ2) is 6.96. The molecule has 0 bridgehead atoms. The van der Waals surface area contributed by atoms with Gasteiger partial charge in [0.05, 0.1) is 4.90 Å². The van der Waals surface area contributed by atoms with E-state index in [-0.39, 0.29) is 10.8 Å². The summed E-state index contributed by atoms with van der Waals surface area (Å²) in [5.74, 6) is -0.166. The third kappa shape index (κ3) is 4.20. The normalized spacial score (nSPS) is 11.3. The molecule has 0 saturated carbocycles. The largest absolute Gasteiger partial charge is 0.335 e. The van der Waals surface area contributed by atoms with Crippen LogP contribution in [-0.2, 0) is 16.4 Å². The molecule has 5 heteroatoms. The highest BCUT2D eigenvalue weighted by molar-refractivity contribution is 7.90. The second-order valence-corrected chi connectivity index (χ2v) is 7.56. The summed E-state index contributed by atoms with van der Waals surface area (Å²) in [5, 5.41) is 0. The summed E-state index contributed by atoms with van der Waals surface area (Å²) in [6.45, 7) is 4.98. The quantitative estimate of drug-likeness (QED) is 0.846. The van der Waals surface area contributed by atoms with Gasteiger partial charge < -0.3 is 4.90 Å². The maximum absolute atomic E-state index is 12.7. The van der Waals surface area contributed by atoms with Gasteiger partial charge in [-0.1, -0.05) is 30.3 Å². The Kier molecular flexibility index (Phi) is 5.21. The molecule has 2 aromatic carbocycles. The minimum atomic E-state index is -3.33. The third-order valence-electron chi connectivity index (χ3n) is 3.80. The fourth-order valence-electron chi connectivity index (χ4n) is 2.36. The van der Waals surface area contributed by atoms with Gasteiger partial charge in [-0.2, -0.15) is 0 Å². The molecule has 23 heavy (non-hydrogen) atoms. The number of hydrogen-bond acceptors (Lipinski definition) is 3. The topological polar surface area (TPSA) is 54.5 Å². The molecule has 122 valence electrons. The highest BCUT2D eigenvalue weighted by Crippen LogP contribution is 2.16. The van der Waals surface area contributed by atoms with Crippen molar-refractivity contribution < 1.29 is 13.2 Å². The highest BCUT2D eigenvalue weighted by Gasteiger charge is 2.17. The molecule has 0 spiro atoms. The number of carbonyl (C=O) groups is 1.